The maximum atomic E-state index is 5.86. The lowest BCUT2D eigenvalue weighted by molar-refractivity contribution is 0.411. The van der Waals surface area contributed by atoms with Gasteiger partial charge in [-0.05, 0) is 24.3 Å². The molecule has 0 saturated carbocycles. The van der Waals surface area contributed by atoms with Gasteiger partial charge in [-0.15, -0.1) is 11.3 Å². The first kappa shape index (κ1) is 9.59. The normalized spacial score (nSPS) is 12.0. The van der Waals surface area contributed by atoms with E-state index in [1.807, 2.05) is 5.38 Å². The van der Waals surface area contributed by atoms with Crippen molar-refractivity contribution in [3.8, 4) is 0 Å². The molecular formula is C10H17NS. The van der Waals surface area contributed by atoms with Crippen LogP contribution in [0, 0.1) is 12.3 Å². The molecule has 2 N–H and O–H groups in total. The molecule has 0 aliphatic rings. The van der Waals surface area contributed by atoms with Gasteiger partial charge in [-0.2, -0.15) is 0 Å². The molecule has 1 heterocycles. The minimum absolute atomic E-state index is 0.333. The average molecular weight is 183 g/mol. The molecule has 1 aromatic rings. The summed E-state index contributed by atoms with van der Waals surface area (Å²) in [4.78, 5) is 1.36. The Bertz CT molecular complexity index is 248. The Hall–Kier alpha value is -0.500. The number of rotatable bonds is 1. The number of nitrogen functional groups attached to an aromatic ring is 1. The first-order chi connectivity index (χ1) is 5.40. The lowest BCUT2D eigenvalue weighted by Gasteiger charge is -2.18. The zero-order valence-corrected chi connectivity index (χ0v) is 9.09. The van der Waals surface area contributed by atoms with E-state index in [0.717, 1.165) is 12.1 Å². The second kappa shape index (κ2) is 3.09. The number of anilines is 1. The van der Waals surface area contributed by atoms with E-state index in [4.69, 9.17) is 5.73 Å². The molecule has 0 spiro atoms. The Labute approximate surface area is 78.6 Å². The zero-order chi connectivity index (χ0) is 9.35. The molecule has 0 unspecified atom stereocenters. The third-order valence-corrected chi connectivity index (χ3v) is 2.81. The quantitative estimate of drug-likeness (QED) is 0.710. The highest BCUT2D eigenvalue weighted by atomic mass is 32.1. The van der Waals surface area contributed by atoms with E-state index in [9.17, 15) is 0 Å². The van der Waals surface area contributed by atoms with Crippen molar-refractivity contribution in [2.75, 3.05) is 5.73 Å². The van der Waals surface area contributed by atoms with Gasteiger partial charge in [-0.3, -0.25) is 0 Å². The number of hydrogen-bond acceptors (Lipinski definition) is 2. The van der Waals surface area contributed by atoms with Crippen molar-refractivity contribution < 1.29 is 0 Å². The summed E-state index contributed by atoms with van der Waals surface area (Å²) in [6, 6.07) is 0. The number of thiophene rings is 1. The van der Waals surface area contributed by atoms with Gasteiger partial charge in [0.2, 0.25) is 0 Å². The summed E-state index contributed by atoms with van der Waals surface area (Å²) in [6.45, 7) is 8.86. The van der Waals surface area contributed by atoms with Gasteiger partial charge in [0.05, 0.1) is 0 Å². The first-order valence-corrected chi connectivity index (χ1v) is 5.10. The van der Waals surface area contributed by atoms with Crippen LogP contribution in [0.2, 0.25) is 0 Å². The molecule has 0 aromatic carbocycles. The molecule has 0 bridgehead atoms. The second-order valence-corrected chi connectivity index (χ2v) is 5.55. The van der Waals surface area contributed by atoms with E-state index in [2.05, 4.69) is 27.7 Å². The van der Waals surface area contributed by atoms with Gasteiger partial charge in [0.25, 0.3) is 0 Å². The van der Waals surface area contributed by atoms with Gasteiger partial charge >= 0.3 is 0 Å². The topological polar surface area (TPSA) is 26.0 Å². The highest BCUT2D eigenvalue weighted by Gasteiger charge is 2.15. The van der Waals surface area contributed by atoms with Crippen LogP contribution in [0.5, 0.6) is 0 Å². The summed E-state index contributed by atoms with van der Waals surface area (Å²) in [5.74, 6) is 0. The van der Waals surface area contributed by atoms with Crippen molar-refractivity contribution >= 4 is 17.0 Å². The summed E-state index contributed by atoms with van der Waals surface area (Å²) in [5, 5.41) is 2.04. The zero-order valence-electron chi connectivity index (χ0n) is 8.27. The molecule has 12 heavy (non-hydrogen) atoms. The van der Waals surface area contributed by atoms with Crippen LogP contribution in [-0.2, 0) is 6.42 Å². The summed E-state index contributed by atoms with van der Waals surface area (Å²) >= 11 is 1.75. The number of nitrogens with two attached hydrogens (primary N) is 1. The molecule has 1 aromatic heterocycles. The molecule has 2 heteroatoms. The van der Waals surface area contributed by atoms with E-state index in [-0.39, 0.29) is 0 Å². The van der Waals surface area contributed by atoms with Crippen LogP contribution in [-0.4, -0.2) is 0 Å². The minimum Gasteiger partial charge on any atom is -0.398 e. The molecule has 68 valence electrons. The SMILES string of the molecule is Cc1scc(N)c1CC(C)(C)C. The molecule has 0 aliphatic carbocycles. The van der Waals surface area contributed by atoms with Gasteiger partial charge < -0.3 is 5.73 Å². The third kappa shape index (κ3) is 2.24. The van der Waals surface area contributed by atoms with Crippen LogP contribution in [0.25, 0.3) is 0 Å². The van der Waals surface area contributed by atoms with Crippen LogP contribution in [0.3, 0.4) is 0 Å². The van der Waals surface area contributed by atoms with Gasteiger partial charge in [0.1, 0.15) is 0 Å². The van der Waals surface area contributed by atoms with Gasteiger partial charge in [0, 0.05) is 15.9 Å². The van der Waals surface area contributed by atoms with Crippen molar-refractivity contribution in [1.82, 2.24) is 0 Å². The smallest absolute Gasteiger partial charge is 0.0458 e. The molecule has 0 atom stereocenters. The Morgan fingerprint density at radius 3 is 2.33 bits per heavy atom. The number of hydrogen-bond donors (Lipinski definition) is 1. The molecule has 0 aliphatic heterocycles. The summed E-state index contributed by atoms with van der Waals surface area (Å²) in [5.41, 5.74) is 8.50. The largest absolute Gasteiger partial charge is 0.398 e. The van der Waals surface area contributed by atoms with E-state index < -0.39 is 0 Å². The Morgan fingerprint density at radius 1 is 1.42 bits per heavy atom. The Balaban J connectivity index is 2.88. The lowest BCUT2D eigenvalue weighted by atomic mass is 9.88. The average Bonchev–Trinajstić information content (AvgIpc) is 2.16. The van der Waals surface area contributed by atoms with Crippen LogP contribution in [0.1, 0.15) is 31.2 Å². The predicted molar refractivity (Wildman–Crippen MR) is 56.6 cm³/mol. The van der Waals surface area contributed by atoms with Crippen molar-refractivity contribution in [2.24, 2.45) is 5.41 Å². The summed E-state index contributed by atoms with van der Waals surface area (Å²) in [6.07, 6.45) is 1.08. The van der Waals surface area contributed by atoms with E-state index in [1.54, 1.807) is 11.3 Å². The second-order valence-electron chi connectivity index (χ2n) is 4.46. The Morgan fingerprint density at radius 2 is 2.00 bits per heavy atom. The fraction of sp³-hybridized carbons (Fsp3) is 0.600. The molecule has 0 saturated heterocycles. The van der Waals surface area contributed by atoms with Crippen LogP contribution in [0.15, 0.2) is 5.38 Å². The standard InChI is InChI=1S/C10H17NS/c1-7-8(5-10(2,3)4)9(11)6-12-7/h6H,5,11H2,1-4H3. The summed E-state index contributed by atoms with van der Waals surface area (Å²) < 4.78 is 0. The molecular weight excluding hydrogens is 166 g/mol. The first-order valence-electron chi connectivity index (χ1n) is 4.22. The lowest BCUT2D eigenvalue weighted by Crippen LogP contribution is -2.10. The maximum absolute atomic E-state index is 5.86. The van der Waals surface area contributed by atoms with Crippen molar-refractivity contribution in [3.05, 3.63) is 15.8 Å². The minimum atomic E-state index is 0.333. The van der Waals surface area contributed by atoms with Crippen LogP contribution < -0.4 is 5.73 Å². The summed E-state index contributed by atoms with van der Waals surface area (Å²) in [7, 11) is 0. The van der Waals surface area contributed by atoms with Crippen LogP contribution in [0.4, 0.5) is 5.69 Å². The highest BCUT2D eigenvalue weighted by Crippen LogP contribution is 2.30. The van der Waals surface area contributed by atoms with E-state index >= 15 is 0 Å². The van der Waals surface area contributed by atoms with E-state index in [1.165, 1.54) is 10.4 Å². The fourth-order valence-electron chi connectivity index (χ4n) is 1.25. The number of aryl methyl sites for hydroxylation is 1. The monoisotopic (exact) mass is 183 g/mol. The molecule has 1 nitrogen and oxygen atoms in total. The molecule has 0 radical (unpaired) electrons. The third-order valence-electron chi connectivity index (χ3n) is 1.84. The fourth-order valence-corrected chi connectivity index (χ4v) is 2.03. The van der Waals surface area contributed by atoms with Gasteiger partial charge in [-0.1, -0.05) is 20.8 Å². The molecule has 1 rings (SSSR count). The van der Waals surface area contributed by atoms with Crippen molar-refractivity contribution in [1.29, 1.82) is 0 Å². The highest BCUT2D eigenvalue weighted by molar-refractivity contribution is 7.10. The maximum Gasteiger partial charge on any atom is 0.0458 e. The van der Waals surface area contributed by atoms with Crippen LogP contribution >= 0.6 is 11.3 Å². The molecule has 0 fully saturated rings. The van der Waals surface area contributed by atoms with E-state index in [0.29, 0.717) is 5.41 Å². The van der Waals surface area contributed by atoms with Crippen molar-refractivity contribution in [3.63, 3.8) is 0 Å². The molecule has 0 amide bonds. The van der Waals surface area contributed by atoms with Crippen molar-refractivity contribution in [2.45, 2.75) is 34.1 Å². The van der Waals surface area contributed by atoms with Gasteiger partial charge in [0.15, 0.2) is 0 Å². The van der Waals surface area contributed by atoms with Gasteiger partial charge in [-0.25, -0.2) is 0 Å². The predicted octanol–water partition coefficient (Wildman–Crippen LogP) is 3.23. The Kier molecular flexibility index (Phi) is 2.47.